The van der Waals surface area contributed by atoms with Crippen molar-refractivity contribution in [1.82, 2.24) is 0 Å². The van der Waals surface area contributed by atoms with Crippen LogP contribution < -0.4 is 0 Å². The maximum atomic E-state index is 10.9. The number of hydrogen-bond acceptors (Lipinski definition) is 3. The Morgan fingerprint density at radius 3 is 2.17 bits per heavy atom. The first-order chi connectivity index (χ1) is 8.32. The zero-order valence-corrected chi connectivity index (χ0v) is 11.3. The summed E-state index contributed by atoms with van der Waals surface area (Å²) in [6.45, 7) is 5.88. The van der Waals surface area contributed by atoms with E-state index in [4.69, 9.17) is 10.2 Å². The number of aliphatic carboxylic acids is 2. The van der Waals surface area contributed by atoms with Gasteiger partial charge in [-0.1, -0.05) is 37.7 Å². The average Bonchev–Trinajstić information content (AvgIpc) is 2.24. The minimum absolute atomic E-state index is 0.219. The lowest BCUT2D eigenvalue weighted by Crippen LogP contribution is -2.26. The molecule has 0 fully saturated rings. The molecule has 1 aromatic rings. The molecular weight excluding hydrogens is 252 g/mol. The van der Waals surface area contributed by atoms with Gasteiger partial charge in [0.15, 0.2) is 0 Å². The van der Waals surface area contributed by atoms with Crippen LogP contribution in [-0.2, 0) is 9.59 Å². The van der Waals surface area contributed by atoms with Crippen LogP contribution in [0, 0.1) is 6.92 Å². The van der Waals surface area contributed by atoms with E-state index in [1.54, 1.807) is 0 Å². The van der Waals surface area contributed by atoms with E-state index in [1.807, 2.05) is 39.0 Å². The van der Waals surface area contributed by atoms with Gasteiger partial charge in [0.2, 0.25) is 5.25 Å². The first-order valence-corrected chi connectivity index (χ1v) is 6.43. The van der Waals surface area contributed by atoms with E-state index < -0.39 is 17.2 Å². The molecule has 0 spiro atoms. The summed E-state index contributed by atoms with van der Waals surface area (Å²) in [7, 11) is 0. The lowest BCUT2D eigenvalue weighted by molar-refractivity contribution is -0.146. The normalized spacial score (nSPS) is 10.9. The fourth-order valence-electron chi connectivity index (χ4n) is 1.55. The van der Waals surface area contributed by atoms with E-state index in [-0.39, 0.29) is 5.92 Å². The third-order valence-electron chi connectivity index (χ3n) is 2.48. The van der Waals surface area contributed by atoms with Crippen molar-refractivity contribution in [1.29, 1.82) is 0 Å². The van der Waals surface area contributed by atoms with Gasteiger partial charge in [0, 0.05) is 4.90 Å². The van der Waals surface area contributed by atoms with Crippen LogP contribution in [0.4, 0.5) is 0 Å². The summed E-state index contributed by atoms with van der Waals surface area (Å²) in [5.41, 5.74) is 1.95. The van der Waals surface area contributed by atoms with Crippen LogP contribution in [0.15, 0.2) is 23.1 Å². The highest BCUT2D eigenvalue weighted by atomic mass is 32.2. The van der Waals surface area contributed by atoms with Gasteiger partial charge >= 0.3 is 11.9 Å². The molecule has 0 saturated heterocycles. The molecule has 0 bridgehead atoms. The molecule has 0 amide bonds. The number of aryl methyl sites for hydroxylation is 1. The second-order valence-electron chi connectivity index (χ2n) is 4.37. The van der Waals surface area contributed by atoms with Gasteiger partial charge in [-0.15, -0.1) is 0 Å². The van der Waals surface area contributed by atoms with E-state index in [2.05, 4.69) is 0 Å². The zero-order valence-electron chi connectivity index (χ0n) is 10.5. The number of rotatable bonds is 5. The van der Waals surface area contributed by atoms with Crippen molar-refractivity contribution < 1.29 is 19.8 Å². The topological polar surface area (TPSA) is 74.6 Å². The predicted molar refractivity (Wildman–Crippen MR) is 70.2 cm³/mol. The molecule has 98 valence electrons. The molecule has 0 unspecified atom stereocenters. The second kappa shape index (κ2) is 5.91. The molecule has 0 aliphatic heterocycles. The highest BCUT2D eigenvalue weighted by molar-refractivity contribution is 8.01. The monoisotopic (exact) mass is 268 g/mol. The van der Waals surface area contributed by atoms with Gasteiger partial charge in [-0.25, -0.2) is 0 Å². The zero-order chi connectivity index (χ0) is 13.9. The van der Waals surface area contributed by atoms with Crippen molar-refractivity contribution in [3.63, 3.8) is 0 Å². The summed E-state index contributed by atoms with van der Waals surface area (Å²) in [6.07, 6.45) is 0. The Morgan fingerprint density at radius 2 is 1.72 bits per heavy atom. The van der Waals surface area contributed by atoms with Crippen molar-refractivity contribution in [2.75, 3.05) is 0 Å². The van der Waals surface area contributed by atoms with E-state index in [0.717, 1.165) is 27.8 Å². The fourth-order valence-corrected chi connectivity index (χ4v) is 2.70. The van der Waals surface area contributed by atoms with Crippen molar-refractivity contribution in [2.45, 2.75) is 36.8 Å². The van der Waals surface area contributed by atoms with Crippen LogP contribution in [0.1, 0.15) is 30.9 Å². The maximum Gasteiger partial charge on any atom is 0.328 e. The van der Waals surface area contributed by atoms with E-state index in [9.17, 15) is 9.59 Å². The van der Waals surface area contributed by atoms with E-state index in [1.165, 1.54) is 0 Å². The number of thioether (sulfide) groups is 1. The summed E-state index contributed by atoms with van der Waals surface area (Å²) in [5.74, 6) is -2.44. The quantitative estimate of drug-likeness (QED) is 0.634. The fraction of sp³-hybridized carbons (Fsp3) is 0.385. The average molecular weight is 268 g/mol. The molecule has 18 heavy (non-hydrogen) atoms. The summed E-state index contributed by atoms with van der Waals surface area (Å²) >= 11 is 0.875. The maximum absolute atomic E-state index is 10.9. The molecule has 0 radical (unpaired) electrons. The minimum atomic E-state index is -1.47. The van der Waals surface area contributed by atoms with Gasteiger partial charge in [0.05, 0.1) is 0 Å². The number of carbonyl (C=O) groups is 2. The molecule has 0 atom stereocenters. The Labute approximate surface area is 110 Å². The van der Waals surface area contributed by atoms with Crippen LogP contribution in [0.2, 0.25) is 0 Å². The lowest BCUT2D eigenvalue weighted by atomic mass is 10.0. The lowest BCUT2D eigenvalue weighted by Gasteiger charge is -2.15. The standard InChI is InChI=1S/C13H16O4S/c1-7(2)9-5-4-8(3)6-10(9)18-11(12(14)15)13(16)17/h4-7,11H,1-3H3,(H,14,15)(H,16,17). The highest BCUT2D eigenvalue weighted by Gasteiger charge is 2.28. The SMILES string of the molecule is Cc1ccc(C(C)C)c(SC(C(=O)O)C(=O)O)c1. The Hall–Kier alpha value is -1.49. The molecule has 0 heterocycles. The molecule has 2 N–H and O–H groups in total. The van der Waals surface area contributed by atoms with Gasteiger partial charge in [-0.05, 0) is 30.0 Å². The van der Waals surface area contributed by atoms with Gasteiger partial charge < -0.3 is 10.2 Å². The molecule has 0 aliphatic carbocycles. The predicted octanol–water partition coefficient (Wildman–Crippen LogP) is 2.75. The summed E-state index contributed by atoms with van der Waals surface area (Å²) in [4.78, 5) is 22.5. The van der Waals surface area contributed by atoms with Gasteiger partial charge in [0.1, 0.15) is 0 Å². The first-order valence-electron chi connectivity index (χ1n) is 5.55. The second-order valence-corrected chi connectivity index (χ2v) is 5.52. The third-order valence-corrected chi connectivity index (χ3v) is 3.73. The molecule has 1 aromatic carbocycles. The number of benzene rings is 1. The highest BCUT2D eigenvalue weighted by Crippen LogP contribution is 2.32. The van der Waals surface area contributed by atoms with Crippen molar-refractivity contribution in [3.05, 3.63) is 29.3 Å². The largest absolute Gasteiger partial charge is 0.480 e. The van der Waals surface area contributed by atoms with Crippen LogP contribution in [0.3, 0.4) is 0 Å². The summed E-state index contributed by atoms with van der Waals surface area (Å²) in [6, 6.07) is 5.69. The molecule has 0 saturated carbocycles. The summed E-state index contributed by atoms with van der Waals surface area (Å²) < 4.78 is 0. The smallest absolute Gasteiger partial charge is 0.328 e. The summed E-state index contributed by atoms with van der Waals surface area (Å²) in [5, 5.41) is 16.3. The Bertz CT molecular complexity index is 454. The molecule has 4 nitrogen and oxygen atoms in total. The Kier molecular flexibility index (Phi) is 4.78. The van der Waals surface area contributed by atoms with Crippen LogP contribution in [-0.4, -0.2) is 27.4 Å². The van der Waals surface area contributed by atoms with Crippen molar-refractivity contribution in [2.24, 2.45) is 0 Å². The number of carboxylic acid groups (broad SMARTS) is 2. The molecular formula is C13H16O4S. The molecule has 5 heteroatoms. The molecule has 0 aliphatic rings. The molecule has 1 rings (SSSR count). The third kappa shape index (κ3) is 3.50. The molecule has 0 aromatic heterocycles. The minimum Gasteiger partial charge on any atom is -0.480 e. The number of hydrogen-bond donors (Lipinski definition) is 2. The van der Waals surface area contributed by atoms with Crippen molar-refractivity contribution >= 4 is 23.7 Å². The van der Waals surface area contributed by atoms with Gasteiger partial charge in [-0.3, -0.25) is 9.59 Å². The van der Waals surface area contributed by atoms with Gasteiger partial charge in [0.25, 0.3) is 0 Å². The van der Waals surface area contributed by atoms with Crippen LogP contribution in [0.25, 0.3) is 0 Å². The Balaban J connectivity index is 3.12. The first kappa shape index (κ1) is 14.6. The Morgan fingerprint density at radius 1 is 1.17 bits per heavy atom. The van der Waals surface area contributed by atoms with E-state index >= 15 is 0 Å². The van der Waals surface area contributed by atoms with Crippen LogP contribution in [0.5, 0.6) is 0 Å². The number of carboxylic acids is 2. The van der Waals surface area contributed by atoms with E-state index in [0.29, 0.717) is 0 Å². The van der Waals surface area contributed by atoms with Crippen molar-refractivity contribution in [3.8, 4) is 0 Å². The van der Waals surface area contributed by atoms with Gasteiger partial charge in [-0.2, -0.15) is 0 Å². The van der Waals surface area contributed by atoms with Crippen LogP contribution >= 0.6 is 11.8 Å².